The highest BCUT2D eigenvalue weighted by atomic mass is 35.5. The summed E-state index contributed by atoms with van der Waals surface area (Å²) in [6.07, 6.45) is 3.07. The highest BCUT2D eigenvalue weighted by Gasteiger charge is 2.15. The summed E-state index contributed by atoms with van der Waals surface area (Å²) in [7, 11) is 0. The van der Waals surface area contributed by atoms with E-state index in [1.54, 1.807) is 22.9 Å². The molecule has 0 spiro atoms. The first-order valence-electron chi connectivity index (χ1n) is 5.89. The van der Waals surface area contributed by atoms with Crippen LogP contribution in [0.15, 0.2) is 34.2 Å². The van der Waals surface area contributed by atoms with E-state index in [0.29, 0.717) is 33.6 Å². The molecule has 9 heteroatoms. The summed E-state index contributed by atoms with van der Waals surface area (Å²) in [6, 6.07) is 3.42. The Kier molecular flexibility index (Phi) is 3.80. The second kappa shape index (κ2) is 5.74. The minimum atomic E-state index is -0.913. The van der Waals surface area contributed by atoms with Gasteiger partial charge in [-0.25, -0.2) is 9.97 Å². The number of carboxylic acid groups (broad SMARTS) is 1. The maximum atomic E-state index is 10.7. The SMILES string of the molecule is O=C(O)CSc1nc2cc(Cl)cnc2n1Cc1ccno1. The van der Waals surface area contributed by atoms with Gasteiger partial charge in [0.1, 0.15) is 5.52 Å². The van der Waals surface area contributed by atoms with Gasteiger partial charge in [0.2, 0.25) is 0 Å². The number of carboxylic acids is 1. The highest BCUT2D eigenvalue weighted by Crippen LogP contribution is 2.25. The lowest BCUT2D eigenvalue weighted by molar-refractivity contribution is -0.133. The van der Waals surface area contributed by atoms with Crippen LogP contribution in [0.1, 0.15) is 5.76 Å². The Morgan fingerprint density at radius 1 is 1.52 bits per heavy atom. The molecule has 1 N–H and O–H groups in total. The number of pyridine rings is 1. The van der Waals surface area contributed by atoms with Gasteiger partial charge in [0, 0.05) is 12.3 Å². The van der Waals surface area contributed by atoms with Crippen LogP contribution in [-0.2, 0) is 11.3 Å². The van der Waals surface area contributed by atoms with Gasteiger partial charge in [-0.05, 0) is 6.07 Å². The van der Waals surface area contributed by atoms with Gasteiger partial charge >= 0.3 is 5.97 Å². The van der Waals surface area contributed by atoms with Crippen molar-refractivity contribution in [1.82, 2.24) is 19.7 Å². The van der Waals surface area contributed by atoms with Gasteiger partial charge in [-0.1, -0.05) is 28.5 Å². The molecule has 0 aliphatic carbocycles. The van der Waals surface area contributed by atoms with Crippen LogP contribution in [0.2, 0.25) is 5.02 Å². The van der Waals surface area contributed by atoms with E-state index in [2.05, 4.69) is 15.1 Å². The Bertz CT molecular complexity index is 787. The first kappa shape index (κ1) is 13.9. The summed E-state index contributed by atoms with van der Waals surface area (Å²) in [4.78, 5) is 19.4. The van der Waals surface area contributed by atoms with E-state index in [9.17, 15) is 4.79 Å². The molecule has 108 valence electrons. The molecule has 0 radical (unpaired) electrons. The minimum absolute atomic E-state index is 0.0898. The maximum absolute atomic E-state index is 10.7. The number of thioether (sulfide) groups is 1. The van der Waals surface area contributed by atoms with Crippen LogP contribution in [0.3, 0.4) is 0 Å². The molecule has 3 rings (SSSR count). The summed E-state index contributed by atoms with van der Waals surface area (Å²) in [5.74, 6) is -0.375. The average molecular weight is 325 g/mol. The van der Waals surface area contributed by atoms with Gasteiger partial charge in [0.15, 0.2) is 16.6 Å². The number of rotatable bonds is 5. The average Bonchev–Trinajstić information content (AvgIpc) is 3.05. The van der Waals surface area contributed by atoms with Crippen LogP contribution in [-0.4, -0.2) is 36.5 Å². The Labute approximate surface area is 127 Å². The number of hydrogen-bond acceptors (Lipinski definition) is 6. The summed E-state index contributed by atoms with van der Waals surface area (Å²) in [5, 5.41) is 13.5. The van der Waals surface area contributed by atoms with Gasteiger partial charge in [-0.2, -0.15) is 0 Å². The number of hydrogen-bond donors (Lipinski definition) is 1. The summed E-state index contributed by atoms with van der Waals surface area (Å²) in [5.41, 5.74) is 1.22. The number of imidazole rings is 1. The molecule has 0 aliphatic heterocycles. The molecule has 0 fully saturated rings. The van der Waals surface area contributed by atoms with Crippen LogP contribution in [0.5, 0.6) is 0 Å². The van der Waals surface area contributed by atoms with Crippen molar-refractivity contribution >= 4 is 40.5 Å². The maximum Gasteiger partial charge on any atom is 0.313 e. The third kappa shape index (κ3) is 3.01. The molecule has 0 atom stereocenters. The van der Waals surface area contributed by atoms with E-state index in [-0.39, 0.29) is 5.75 Å². The van der Waals surface area contributed by atoms with E-state index >= 15 is 0 Å². The first-order valence-corrected chi connectivity index (χ1v) is 7.26. The summed E-state index contributed by atoms with van der Waals surface area (Å²) in [6.45, 7) is 0.368. The standard InChI is InChI=1S/C12H9ClN4O3S/c13-7-3-9-11(14-4-7)17(5-8-1-2-15-20-8)12(16-9)21-6-10(18)19/h1-4H,5-6H2,(H,18,19). The second-order valence-corrected chi connectivity index (χ2v) is 5.52. The smallest absolute Gasteiger partial charge is 0.313 e. The largest absolute Gasteiger partial charge is 0.481 e. The normalized spacial score (nSPS) is 11.1. The number of fused-ring (bicyclic) bond motifs is 1. The fourth-order valence-corrected chi connectivity index (χ4v) is 2.70. The zero-order valence-corrected chi connectivity index (χ0v) is 12.1. The van der Waals surface area contributed by atoms with Crippen molar-refractivity contribution in [2.45, 2.75) is 11.7 Å². The molecule has 3 heterocycles. The Morgan fingerprint density at radius 2 is 2.38 bits per heavy atom. The second-order valence-electron chi connectivity index (χ2n) is 4.14. The molecule has 21 heavy (non-hydrogen) atoms. The number of carbonyl (C=O) groups is 1. The molecule has 3 aromatic heterocycles. The molecule has 0 bridgehead atoms. The van der Waals surface area contributed by atoms with E-state index in [1.807, 2.05) is 0 Å². The van der Waals surface area contributed by atoms with E-state index < -0.39 is 5.97 Å². The van der Waals surface area contributed by atoms with Crippen molar-refractivity contribution < 1.29 is 14.4 Å². The Balaban J connectivity index is 2.03. The minimum Gasteiger partial charge on any atom is -0.481 e. The van der Waals surface area contributed by atoms with Crippen LogP contribution < -0.4 is 0 Å². The third-order valence-electron chi connectivity index (χ3n) is 2.65. The van der Waals surface area contributed by atoms with Crippen LogP contribution in [0, 0.1) is 0 Å². The number of aliphatic carboxylic acids is 1. The Hall–Kier alpha value is -2.06. The number of nitrogens with zero attached hydrogens (tertiary/aromatic N) is 4. The molecule has 0 aromatic carbocycles. The molecule has 0 amide bonds. The molecule has 7 nitrogen and oxygen atoms in total. The van der Waals surface area contributed by atoms with E-state index in [4.69, 9.17) is 21.2 Å². The summed E-state index contributed by atoms with van der Waals surface area (Å²) < 4.78 is 6.86. The van der Waals surface area contributed by atoms with Gasteiger partial charge in [-0.3, -0.25) is 9.36 Å². The molecule has 0 saturated carbocycles. The molecule has 0 aliphatic rings. The van der Waals surface area contributed by atoms with E-state index in [0.717, 1.165) is 11.8 Å². The van der Waals surface area contributed by atoms with Gasteiger partial charge in [0.05, 0.1) is 23.5 Å². The first-order chi connectivity index (χ1) is 10.1. The predicted octanol–water partition coefficient (Wildman–Crippen LogP) is 2.30. The fourth-order valence-electron chi connectivity index (χ4n) is 1.82. The van der Waals surface area contributed by atoms with Gasteiger partial charge in [0.25, 0.3) is 0 Å². The van der Waals surface area contributed by atoms with Crippen LogP contribution in [0.25, 0.3) is 11.2 Å². The highest BCUT2D eigenvalue weighted by molar-refractivity contribution is 7.99. The van der Waals surface area contributed by atoms with Crippen molar-refractivity contribution in [2.75, 3.05) is 5.75 Å². The van der Waals surface area contributed by atoms with Crippen LogP contribution >= 0.6 is 23.4 Å². The fraction of sp³-hybridized carbons (Fsp3) is 0.167. The van der Waals surface area contributed by atoms with E-state index in [1.165, 1.54) is 6.20 Å². The van der Waals surface area contributed by atoms with Crippen molar-refractivity contribution in [2.24, 2.45) is 0 Å². The molecule has 3 aromatic rings. The van der Waals surface area contributed by atoms with Crippen LogP contribution in [0.4, 0.5) is 0 Å². The lowest BCUT2D eigenvalue weighted by atomic mass is 10.4. The Morgan fingerprint density at radius 3 is 3.10 bits per heavy atom. The molecule has 0 saturated heterocycles. The van der Waals surface area contributed by atoms with Crippen molar-refractivity contribution in [3.05, 3.63) is 35.3 Å². The quantitative estimate of drug-likeness (QED) is 0.719. The predicted molar refractivity (Wildman–Crippen MR) is 76.5 cm³/mol. The lowest BCUT2D eigenvalue weighted by Gasteiger charge is -2.04. The molecule has 0 unspecified atom stereocenters. The molecular formula is C12H9ClN4O3S. The van der Waals surface area contributed by atoms with Gasteiger partial charge < -0.3 is 9.63 Å². The van der Waals surface area contributed by atoms with Crippen molar-refractivity contribution in [3.8, 4) is 0 Å². The van der Waals surface area contributed by atoms with Gasteiger partial charge in [-0.15, -0.1) is 0 Å². The summed E-state index contributed by atoms with van der Waals surface area (Å²) >= 11 is 7.03. The number of aromatic nitrogens is 4. The number of halogens is 1. The third-order valence-corrected chi connectivity index (χ3v) is 3.81. The topological polar surface area (TPSA) is 94.0 Å². The van der Waals surface area contributed by atoms with Crippen molar-refractivity contribution in [3.63, 3.8) is 0 Å². The zero-order valence-electron chi connectivity index (χ0n) is 10.6. The van der Waals surface area contributed by atoms with Crippen molar-refractivity contribution in [1.29, 1.82) is 0 Å². The molecular weight excluding hydrogens is 316 g/mol. The lowest BCUT2D eigenvalue weighted by Crippen LogP contribution is -2.04. The zero-order chi connectivity index (χ0) is 14.8. The monoisotopic (exact) mass is 324 g/mol.